The predicted octanol–water partition coefficient (Wildman–Crippen LogP) is 6.26. The first-order valence-electron chi connectivity index (χ1n) is 9.50. The maximum Gasteiger partial charge on any atom is 0.227 e. The van der Waals surface area contributed by atoms with Gasteiger partial charge in [-0.2, -0.15) is 0 Å². The Labute approximate surface area is 181 Å². The van der Waals surface area contributed by atoms with Crippen LogP contribution in [0.3, 0.4) is 0 Å². The van der Waals surface area contributed by atoms with E-state index in [-0.39, 0.29) is 11.1 Å². The molecule has 0 spiro atoms. The van der Waals surface area contributed by atoms with Gasteiger partial charge < -0.3 is 14.8 Å². The Balaban J connectivity index is 1.64. The average molecular weight is 481 g/mol. The lowest BCUT2D eigenvalue weighted by Crippen LogP contribution is -2.12. The number of hydrogen-bond donors (Lipinski definition) is 1. The lowest BCUT2D eigenvalue weighted by atomic mass is 10.2. The third-order valence-electron chi connectivity index (χ3n) is 4.75. The van der Waals surface area contributed by atoms with Crippen LogP contribution in [-0.2, 0) is 0 Å². The van der Waals surface area contributed by atoms with E-state index in [0.29, 0.717) is 29.7 Å². The minimum atomic E-state index is -0.471. The van der Waals surface area contributed by atoms with E-state index in [1.54, 1.807) is 12.3 Å². The number of rotatable bonds is 7. The molecule has 0 radical (unpaired) electrons. The molecule has 29 heavy (non-hydrogen) atoms. The predicted molar refractivity (Wildman–Crippen MR) is 116 cm³/mol. The molecule has 8 heteroatoms. The molecule has 1 saturated carbocycles. The summed E-state index contributed by atoms with van der Waals surface area (Å²) in [5, 5.41) is 4.67. The zero-order valence-corrected chi connectivity index (χ0v) is 18.0. The lowest BCUT2D eigenvalue weighted by molar-refractivity contribution is 0.197. The van der Waals surface area contributed by atoms with Gasteiger partial charge >= 0.3 is 0 Å². The second-order valence-electron chi connectivity index (χ2n) is 6.87. The minimum Gasteiger partial charge on any atom is -0.489 e. The van der Waals surface area contributed by atoms with Gasteiger partial charge in [-0.25, -0.2) is 14.4 Å². The summed E-state index contributed by atoms with van der Waals surface area (Å²) in [4.78, 5) is 8.92. The first-order valence-corrected chi connectivity index (χ1v) is 11.0. The summed E-state index contributed by atoms with van der Waals surface area (Å²) in [7, 11) is 0. The quantitative estimate of drug-likeness (QED) is 0.404. The molecule has 2 aromatic carbocycles. The van der Waals surface area contributed by atoms with E-state index in [0.717, 1.165) is 29.1 Å². The molecule has 152 valence electrons. The number of aromatic nitrogens is 2. The molecule has 5 nitrogen and oxygen atoms in total. The van der Waals surface area contributed by atoms with Crippen molar-refractivity contribution in [2.75, 3.05) is 17.3 Å². The van der Waals surface area contributed by atoms with Crippen LogP contribution in [0, 0.1) is 5.82 Å². The van der Waals surface area contributed by atoms with Crippen molar-refractivity contribution in [1.29, 1.82) is 0 Å². The number of alkyl halides is 1. The van der Waals surface area contributed by atoms with E-state index in [2.05, 4.69) is 31.2 Å². The molecule has 1 aromatic heterocycles. The molecule has 1 N–H and O–H groups in total. The zero-order chi connectivity index (χ0) is 20.2. The number of hydrogen-bond acceptors (Lipinski definition) is 5. The fraction of sp³-hybridized carbons (Fsp3) is 0.333. The minimum absolute atomic E-state index is 0.0385. The highest BCUT2D eigenvalue weighted by Gasteiger charge is 2.19. The van der Waals surface area contributed by atoms with E-state index >= 15 is 0 Å². The second kappa shape index (κ2) is 9.13. The third-order valence-corrected chi connectivity index (χ3v) is 5.36. The smallest absolute Gasteiger partial charge is 0.227 e. The van der Waals surface area contributed by atoms with Crippen LogP contribution in [0.25, 0.3) is 10.9 Å². The maximum absolute atomic E-state index is 13.4. The van der Waals surface area contributed by atoms with Crippen LogP contribution in [0.15, 0.2) is 36.5 Å². The summed E-state index contributed by atoms with van der Waals surface area (Å²) in [6.07, 6.45) is 6.41. The zero-order valence-electron chi connectivity index (χ0n) is 15.6. The molecule has 0 saturated heterocycles. The molecule has 1 aliphatic carbocycles. The van der Waals surface area contributed by atoms with Gasteiger partial charge in [0.05, 0.1) is 23.3 Å². The molecule has 0 unspecified atom stereocenters. The fourth-order valence-electron chi connectivity index (χ4n) is 3.34. The van der Waals surface area contributed by atoms with Gasteiger partial charge in [-0.3, -0.25) is 0 Å². The van der Waals surface area contributed by atoms with Crippen molar-refractivity contribution in [1.82, 2.24) is 9.97 Å². The van der Waals surface area contributed by atoms with E-state index < -0.39 is 5.82 Å². The Kier molecular flexibility index (Phi) is 6.35. The van der Waals surface area contributed by atoms with Crippen molar-refractivity contribution < 1.29 is 13.9 Å². The van der Waals surface area contributed by atoms with Crippen molar-refractivity contribution in [2.24, 2.45) is 0 Å². The number of halogens is 3. The molecule has 0 atom stereocenters. The van der Waals surface area contributed by atoms with Gasteiger partial charge in [0.25, 0.3) is 0 Å². The van der Waals surface area contributed by atoms with E-state index in [9.17, 15) is 4.39 Å². The average Bonchev–Trinajstić information content (AvgIpc) is 3.22. The molecule has 0 amide bonds. The highest BCUT2D eigenvalue weighted by atomic mass is 79.9. The van der Waals surface area contributed by atoms with Crippen LogP contribution in [0.5, 0.6) is 11.5 Å². The summed E-state index contributed by atoms with van der Waals surface area (Å²) in [5.41, 5.74) is 1.34. The van der Waals surface area contributed by atoms with Crippen molar-refractivity contribution in [3.8, 4) is 11.5 Å². The molecule has 3 aromatic rings. The molecular weight excluding hydrogens is 461 g/mol. The van der Waals surface area contributed by atoms with Crippen LogP contribution in [0.2, 0.25) is 5.02 Å². The van der Waals surface area contributed by atoms with E-state index in [1.807, 2.05) is 12.1 Å². The van der Waals surface area contributed by atoms with Gasteiger partial charge in [0.15, 0.2) is 11.5 Å². The summed E-state index contributed by atoms with van der Waals surface area (Å²) in [6.45, 7) is 0.540. The standard InChI is InChI=1S/C21H20BrClFN3O2/c22-7-8-28-19-9-13-12-25-21(26-14-5-6-17(24)16(23)10-14)27-18(13)11-20(19)29-15-3-1-2-4-15/h5-6,9-12,15H,1-4,7-8H2,(H,25,26,27). The van der Waals surface area contributed by atoms with Gasteiger partial charge in [-0.05, 0) is 49.9 Å². The molecule has 1 aliphatic rings. The first-order chi connectivity index (χ1) is 14.1. The fourth-order valence-corrected chi connectivity index (χ4v) is 3.68. The van der Waals surface area contributed by atoms with Crippen molar-refractivity contribution in [3.05, 3.63) is 47.4 Å². The summed E-state index contributed by atoms with van der Waals surface area (Å²) >= 11 is 9.23. The summed E-state index contributed by atoms with van der Waals surface area (Å²) in [6, 6.07) is 8.17. The number of ether oxygens (including phenoxy) is 2. The summed E-state index contributed by atoms with van der Waals surface area (Å²) < 4.78 is 25.4. The molecule has 1 fully saturated rings. The van der Waals surface area contributed by atoms with E-state index in [4.69, 9.17) is 21.1 Å². The summed E-state index contributed by atoms with van der Waals surface area (Å²) in [5.74, 6) is 1.31. The number of benzene rings is 2. The van der Waals surface area contributed by atoms with Gasteiger partial charge in [0.1, 0.15) is 5.82 Å². The molecule has 0 bridgehead atoms. The number of fused-ring (bicyclic) bond motifs is 1. The molecule has 0 aliphatic heterocycles. The number of nitrogens with one attached hydrogen (secondary N) is 1. The van der Waals surface area contributed by atoms with Gasteiger partial charge in [0.2, 0.25) is 5.95 Å². The maximum atomic E-state index is 13.4. The highest BCUT2D eigenvalue weighted by molar-refractivity contribution is 9.09. The number of anilines is 2. The van der Waals surface area contributed by atoms with Gasteiger partial charge in [0, 0.05) is 28.7 Å². The van der Waals surface area contributed by atoms with Gasteiger partial charge in [-0.1, -0.05) is 27.5 Å². The Bertz CT molecular complexity index is 1010. The Morgan fingerprint density at radius 3 is 2.76 bits per heavy atom. The van der Waals surface area contributed by atoms with E-state index in [1.165, 1.54) is 25.0 Å². The Morgan fingerprint density at radius 1 is 1.17 bits per heavy atom. The van der Waals surface area contributed by atoms with Crippen molar-refractivity contribution >= 4 is 50.1 Å². The van der Waals surface area contributed by atoms with Crippen LogP contribution in [0.1, 0.15) is 25.7 Å². The molecule has 1 heterocycles. The second-order valence-corrected chi connectivity index (χ2v) is 8.07. The van der Waals surface area contributed by atoms with Crippen LogP contribution >= 0.6 is 27.5 Å². The number of nitrogens with zero attached hydrogens (tertiary/aromatic N) is 2. The highest BCUT2D eigenvalue weighted by Crippen LogP contribution is 2.35. The molecule has 4 rings (SSSR count). The first kappa shape index (κ1) is 20.2. The third kappa shape index (κ3) is 4.90. The monoisotopic (exact) mass is 479 g/mol. The largest absolute Gasteiger partial charge is 0.489 e. The molecular formula is C21H20BrClFN3O2. The topological polar surface area (TPSA) is 56.3 Å². The lowest BCUT2D eigenvalue weighted by Gasteiger charge is -2.17. The Hall–Kier alpha value is -2.12. The Morgan fingerprint density at radius 2 is 2.00 bits per heavy atom. The van der Waals surface area contributed by atoms with Crippen LogP contribution in [-0.4, -0.2) is 28.0 Å². The van der Waals surface area contributed by atoms with Crippen LogP contribution < -0.4 is 14.8 Å². The van der Waals surface area contributed by atoms with Crippen molar-refractivity contribution in [2.45, 2.75) is 31.8 Å². The SMILES string of the molecule is Fc1ccc(Nc2ncc3cc(OCCBr)c(OC4CCCC4)cc3n2)cc1Cl. The van der Waals surface area contributed by atoms with Crippen molar-refractivity contribution in [3.63, 3.8) is 0 Å². The van der Waals surface area contributed by atoms with Gasteiger partial charge in [-0.15, -0.1) is 0 Å². The van der Waals surface area contributed by atoms with Crippen LogP contribution in [0.4, 0.5) is 16.0 Å². The normalized spacial score (nSPS) is 14.3.